The summed E-state index contributed by atoms with van der Waals surface area (Å²) >= 11 is 0. The lowest BCUT2D eigenvalue weighted by atomic mass is 9.86. The molecule has 0 aliphatic heterocycles. The van der Waals surface area contributed by atoms with E-state index in [0.29, 0.717) is 0 Å². The van der Waals surface area contributed by atoms with Crippen LogP contribution in [0.15, 0.2) is 36.7 Å². The summed E-state index contributed by atoms with van der Waals surface area (Å²) in [5.74, 6) is 6.68. The van der Waals surface area contributed by atoms with E-state index in [4.69, 9.17) is 5.84 Å². The van der Waals surface area contributed by atoms with E-state index in [-0.39, 0.29) is 11.5 Å². The highest BCUT2D eigenvalue weighted by molar-refractivity contribution is 5.32. The van der Waals surface area contributed by atoms with E-state index in [1.165, 1.54) is 5.56 Å². The average Bonchev–Trinajstić information content (AvgIpc) is 2.87. The van der Waals surface area contributed by atoms with Crippen LogP contribution in [-0.4, -0.2) is 9.55 Å². The fourth-order valence-electron chi connectivity index (χ4n) is 2.34. The summed E-state index contributed by atoms with van der Waals surface area (Å²) in [7, 11) is 0. The molecule has 1 unspecified atom stereocenters. The maximum absolute atomic E-state index is 5.74. The molecule has 0 spiro atoms. The lowest BCUT2D eigenvalue weighted by molar-refractivity contribution is 0.558. The molecule has 1 aromatic heterocycles. The molecule has 1 heterocycles. The van der Waals surface area contributed by atoms with Crippen LogP contribution >= 0.6 is 0 Å². The fraction of sp³-hybridized carbons (Fsp3) is 0.438. The maximum atomic E-state index is 5.74. The molecule has 0 aliphatic rings. The molecule has 4 heteroatoms. The Balaban J connectivity index is 2.33. The number of benzene rings is 1. The number of hydrogen-bond acceptors (Lipinski definition) is 3. The van der Waals surface area contributed by atoms with Crippen LogP contribution in [0.3, 0.4) is 0 Å². The first kappa shape index (κ1) is 14.8. The van der Waals surface area contributed by atoms with Gasteiger partial charge in [-0.1, -0.05) is 45.0 Å². The first-order chi connectivity index (χ1) is 9.47. The van der Waals surface area contributed by atoms with Crippen LogP contribution in [0.25, 0.3) is 0 Å². The van der Waals surface area contributed by atoms with Gasteiger partial charge in [-0.25, -0.2) is 10.4 Å². The van der Waals surface area contributed by atoms with Crippen molar-refractivity contribution in [1.82, 2.24) is 15.0 Å². The highest BCUT2D eigenvalue weighted by atomic mass is 15.3. The van der Waals surface area contributed by atoms with Gasteiger partial charge in [0.1, 0.15) is 11.9 Å². The van der Waals surface area contributed by atoms with Gasteiger partial charge in [-0.05, 0) is 23.5 Å². The molecule has 0 bridgehead atoms. The molecule has 4 nitrogen and oxygen atoms in total. The van der Waals surface area contributed by atoms with Crippen LogP contribution in [0.4, 0.5) is 0 Å². The molecule has 0 saturated heterocycles. The number of hydrogen-bond donors (Lipinski definition) is 2. The second-order valence-electron chi connectivity index (χ2n) is 6.04. The quantitative estimate of drug-likeness (QED) is 0.664. The standard InChI is InChI=1S/C16H24N4/c1-5-20-11-10-18-15(20)14(19-17)12-6-8-13(9-7-12)16(2,3)4/h6-11,14,19H,5,17H2,1-4H3. The first-order valence-corrected chi connectivity index (χ1v) is 7.05. The molecule has 0 amide bonds. The Hall–Kier alpha value is -1.65. The van der Waals surface area contributed by atoms with Gasteiger partial charge in [-0.15, -0.1) is 0 Å². The molecule has 0 saturated carbocycles. The zero-order valence-electron chi connectivity index (χ0n) is 12.7. The van der Waals surface area contributed by atoms with Gasteiger partial charge < -0.3 is 4.57 Å². The van der Waals surface area contributed by atoms with Crippen molar-refractivity contribution in [1.29, 1.82) is 0 Å². The van der Waals surface area contributed by atoms with Crippen molar-refractivity contribution in [3.8, 4) is 0 Å². The van der Waals surface area contributed by atoms with Crippen molar-refractivity contribution in [3.63, 3.8) is 0 Å². The topological polar surface area (TPSA) is 55.9 Å². The Kier molecular flexibility index (Phi) is 4.26. The first-order valence-electron chi connectivity index (χ1n) is 7.05. The van der Waals surface area contributed by atoms with Crippen LogP contribution in [0.2, 0.25) is 0 Å². The van der Waals surface area contributed by atoms with Gasteiger partial charge in [-0.2, -0.15) is 0 Å². The van der Waals surface area contributed by atoms with Gasteiger partial charge in [0.25, 0.3) is 0 Å². The lowest BCUT2D eigenvalue weighted by Gasteiger charge is -2.21. The molecular formula is C16H24N4. The highest BCUT2D eigenvalue weighted by Crippen LogP contribution is 2.25. The maximum Gasteiger partial charge on any atom is 0.131 e. The minimum Gasteiger partial charge on any atom is -0.334 e. The molecule has 20 heavy (non-hydrogen) atoms. The van der Waals surface area contributed by atoms with Gasteiger partial charge in [0.2, 0.25) is 0 Å². The largest absolute Gasteiger partial charge is 0.334 e. The van der Waals surface area contributed by atoms with Gasteiger partial charge in [0, 0.05) is 18.9 Å². The summed E-state index contributed by atoms with van der Waals surface area (Å²) in [4.78, 5) is 4.43. The third-order valence-corrected chi connectivity index (χ3v) is 3.62. The average molecular weight is 272 g/mol. The number of aromatic nitrogens is 2. The van der Waals surface area contributed by atoms with E-state index in [1.54, 1.807) is 0 Å². The van der Waals surface area contributed by atoms with Crippen molar-refractivity contribution >= 4 is 0 Å². The molecule has 108 valence electrons. The monoisotopic (exact) mass is 272 g/mol. The summed E-state index contributed by atoms with van der Waals surface area (Å²) in [5, 5.41) is 0. The van der Waals surface area contributed by atoms with E-state index in [1.807, 2.05) is 12.4 Å². The van der Waals surface area contributed by atoms with Crippen LogP contribution in [-0.2, 0) is 12.0 Å². The summed E-state index contributed by atoms with van der Waals surface area (Å²) in [6.07, 6.45) is 3.79. The van der Waals surface area contributed by atoms with Crippen LogP contribution in [0, 0.1) is 0 Å². The van der Waals surface area contributed by atoms with Gasteiger partial charge >= 0.3 is 0 Å². The molecule has 0 aliphatic carbocycles. The third kappa shape index (κ3) is 2.92. The molecular weight excluding hydrogens is 248 g/mol. The summed E-state index contributed by atoms with van der Waals surface area (Å²) in [6.45, 7) is 9.62. The predicted octanol–water partition coefficient (Wildman–Crippen LogP) is 2.75. The van der Waals surface area contributed by atoms with Crippen LogP contribution < -0.4 is 11.3 Å². The number of aryl methyl sites for hydroxylation is 1. The van der Waals surface area contributed by atoms with E-state index < -0.39 is 0 Å². The van der Waals surface area contributed by atoms with Crippen LogP contribution in [0.1, 0.15) is 50.7 Å². The number of nitrogens with zero attached hydrogens (tertiary/aromatic N) is 2. The van der Waals surface area contributed by atoms with Crippen molar-refractivity contribution in [3.05, 3.63) is 53.6 Å². The highest BCUT2D eigenvalue weighted by Gasteiger charge is 2.19. The van der Waals surface area contributed by atoms with Crippen molar-refractivity contribution < 1.29 is 0 Å². The molecule has 0 radical (unpaired) electrons. The van der Waals surface area contributed by atoms with Crippen molar-refractivity contribution in [2.75, 3.05) is 0 Å². The zero-order chi connectivity index (χ0) is 14.8. The predicted molar refractivity (Wildman–Crippen MR) is 82.2 cm³/mol. The van der Waals surface area contributed by atoms with Crippen LogP contribution in [0.5, 0.6) is 0 Å². The Bertz CT molecular complexity index is 549. The lowest BCUT2D eigenvalue weighted by Crippen LogP contribution is -2.31. The van der Waals surface area contributed by atoms with Gasteiger partial charge in [0.15, 0.2) is 0 Å². The minimum absolute atomic E-state index is 0.0843. The van der Waals surface area contributed by atoms with E-state index in [2.05, 4.69) is 66.9 Å². The number of imidazole rings is 1. The number of nitrogens with two attached hydrogens (primary N) is 1. The summed E-state index contributed by atoms with van der Waals surface area (Å²) in [6, 6.07) is 8.50. The number of rotatable bonds is 4. The van der Waals surface area contributed by atoms with Gasteiger partial charge in [0.05, 0.1) is 0 Å². The molecule has 1 aromatic carbocycles. The van der Waals surface area contributed by atoms with Crippen molar-refractivity contribution in [2.45, 2.75) is 45.7 Å². The third-order valence-electron chi connectivity index (χ3n) is 3.62. The van der Waals surface area contributed by atoms with E-state index >= 15 is 0 Å². The zero-order valence-corrected chi connectivity index (χ0v) is 12.7. The fourth-order valence-corrected chi connectivity index (χ4v) is 2.34. The molecule has 3 N–H and O–H groups in total. The van der Waals surface area contributed by atoms with E-state index in [0.717, 1.165) is 17.9 Å². The normalized spacial score (nSPS) is 13.4. The second-order valence-corrected chi connectivity index (χ2v) is 6.04. The molecule has 1 atom stereocenters. The van der Waals surface area contributed by atoms with Gasteiger partial charge in [-0.3, -0.25) is 5.84 Å². The summed E-state index contributed by atoms with van der Waals surface area (Å²) < 4.78 is 2.10. The molecule has 2 aromatic rings. The Morgan fingerprint density at radius 1 is 1.25 bits per heavy atom. The Morgan fingerprint density at radius 3 is 2.40 bits per heavy atom. The minimum atomic E-state index is -0.0843. The Morgan fingerprint density at radius 2 is 1.90 bits per heavy atom. The second kappa shape index (κ2) is 5.77. The number of hydrazine groups is 1. The van der Waals surface area contributed by atoms with Crippen molar-refractivity contribution in [2.24, 2.45) is 5.84 Å². The Labute approximate surface area is 121 Å². The molecule has 2 rings (SSSR count). The summed E-state index contributed by atoms with van der Waals surface area (Å²) in [5.41, 5.74) is 5.47. The number of nitrogens with one attached hydrogen (secondary N) is 1. The SMILES string of the molecule is CCn1ccnc1C(NN)c1ccc(C(C)(C)C)cc1. The molecule has 0 fully saturated rings. The van der Waals surface area contributed by atoms with E-state index in [9.17, 15) is 0 Å². The smallest absolute Gasteiger partial charge is 0.131 e.